The van der Waals surface area contributed by atoms with Crippen LogP contribution in [0.5, 0.6) is 0 Å². The van der Waals surface area contributed by atoms with Crippen LogP contribution < -0.4 is 4.90 Å². The van der Waals surface area contributed by atoms with Gasteiger partial charge in [-0.25, -0.2) is 0 Å². The zero-order valence-corrected chi connectivity index (χ0v) is 8.70. The predicted molar refractivity (Wildman–Crippen MR) is 60.4 cm³/mol. The molecule has 0 atom stereocenters. The zero-order valence-electron chi connectivity index (χ0n) is 8.70. The van der Waals surface area contributed by atoms with E-state index in [1.165, 1.54) is 5.69 Å². The summed E-state index contributed by atoms with van der Waals surface area (Å²) in [5, 5.41) is 0. The summed E-state index contributed by atoms with van der Waals surface area (Å²) >= 11 is 0. The smallest absolute Gasteiger partial charge is 0.0368 e. The maximum atomic E-state index is 2.38. The Morgan fingerprint density at radius 3 is 2.08 bits per heavy atom. The Labute approximate surface area is 83.3 Å². The molecule has 0 N–H and O–H groups in total. The summed E-state index contributed by atoms with van der Waals surface area (Å²) in [5.41, 5.74) is 1.31. The Morgan fingerprint density at radius 2 is 1.69 bits per heavy atom. The van der Waals surface area contributed by atoms with Crippen molar-refractivity contribution in [2.45, 2.75) is 26.8 Å². The monoisotopic (exact) mass is 174 g/mol. The minimum absolute atomic E-state index is 0. The quantitative estimate of drug-likeness (QED) is 0.636. The van der Waals surface area contributed by atoms with Gasteiger partial charge in [0.1, 0.15) is 0 Å². The first-order valence-corrected chi connectivity index (χ1v) is 4.57. The van der Waals surface area contributed by atoms with Gasteiger partial charge in [0.05, 0.1) is 0 Å². The number of rotatable bonds is 3. The van der Waals surface area contributed by atoms with Gasteiger partial charge in [0.15, 0.2) is 0 Å². The second-order valence-electron chi connectivity index (χ2n) is 3.22. The third-order valence-electron chi connectivity index (χ3n) is 2.05. The van der Waals surface area contributed by atoms with Gasteiger partial charge < -0.3 is 4.90 Å². The lowest BCUT2D eigenvalue weighted by atomic mass is 10.2. The van der Waals surface area contributed by atoms with Gasteiger partial charge >= 0.3 is 0 Å². The Kier molecular flexibility index (Phi) is 5.28. The second-order valence-corrected chi connectivity index (χ2v) is 3.22. The molecule has 0 heterocycles. The Bertz CT molecular complexity index is 221. The topological polar surface area (TPSA) is 3.24 Å². The van der Waals surface area contributed by atoms with Crippen molar-refractivity contribution in [3.05, 3.63) is 30.3 Å². The van der Waals surface area contributed by atoms with Crippen LogP contribution in [0.1, 0.15) is 20.8 Å². The van der Waals surface area contributed by atoms with Gasteiger partial charge in [-0.3, -0.25) is 0 Å². The van der Waals surface area contributed by atoms with E-state index in [0.717, 1.165) is 6.54 Å². The van der Waals surface area contributed by atoms with E-state index < -0.39 is 0 Å². The van der Waals surface area contributed by atoms with E-state index in [1.54, 1.807) is 0 Å². The Hall–Kier alpha value is -0.915. The number of para-hydroxylation sites is 1. The largest absolute Gasteiger partial charge is 0.369 e. The van der Waals surface area contributed by atoms with Crippen molar-refractivity contribution in [2.24, 2.45) is 0 Å². The fourth-order valence-electron chi connectivity index (χ4n) is 1.47. The second kappa shape index (κ2) is 5.68. The lowest BCUT2D eigenvalue weighted by Crippen LogP contribution is -2.30. The lowest BCUT2D eigenvalue weighted by Gasteiger charge is -2.27. The SMILES string of the molecule is CCN(c1ccccc1)C(C)C.[B]. The van der Waals surface area contributed by atoms with E-state index in [-0.39, 0.29) is 8.41 Å². The van der Waals surface area contributed by atoms with Crippen molar-refractivity contribution in [1.82, 2.24) is 0 Å². The summed E-state index contributed by atoms with van der Waals surface area (Å²) in [6.45, 7) is 7.70. The molecule has 0 bridgehead atoms. The molecule has 0 spiro atoms. The molecule has 2 heteroatoms. The van der Waals surface area contributed by atoms with Crippen molar-refractivity contribution >= 4 is 14.1 Å². The highest BCUT2D eigenvalue weighted by molar-refractivity contribution is 5.75. The molecule has 0 saturated carbocycles. The van der Waals surface area contributed by atoms with Crippen LogP contribution in [0, 0.1) is 0 Å². The zero-order chi connectivity index (χ0) is 8.97. The standard InChI is InChI=1S/C11H17N.B/c1-4-12(10(2)3)11-8-6-5-7-9-11;/h5-10H,4H2,1-3H3;. The summed E-state index contributed by atoms with van der Waals surface area (Å²) in [6.07, 6.45) is 0. The summed E-state index contributed by atoms with van der Waals surface area (Å²) < 4.78 is 0. The number of hydrogen-bond donors (Lipinski definition) is 0. The molecule has 1 aromatic rings. The first-order chi connectivity index (χ1) is 5.75. The third kappa shape index (κ3) is 3.13. The average Bonchev–Trinajstić information content (AvgIpc) is 2.07. The van der Waals surface area contributed by atoms with Gasteiger partial charge in [-0.1, -0.05) is 18.2 Å². The molecule has 0 saturated heterocycles. The van der Waals surface area contributed by atoms with Crippen molar-refractivity contribution in [3.8, 4) is 0 Å². The lowest BCUT2D eigenvalue weighted by molar-refractivity contribution is 0.704. The predicted octanol–water partition coefficient (Wildman–Crippen LogP) is 2.54. The average molecular weight is 174 g/mol. The van der Waals surface area contributed by atoms with Crippen LogP contribution in [0.2, 0.25) is 0 Å². The maximum Gasteiger partial charge on any atom is 0.0368 e. The van der Waals surface area contributed by atoms with E-state index in [1.807, 2.05) is 0 Å². The highest BCUT2D eigenvalue weighted by Crippen LogP contribution is 2.15. The first-order valence-electron chi connectivity index (χ1n) is 4.57. The molecular weight excluding hydrogens is 157 g/mol. The van der Waals surface area contributed by atoms with E-state index in [0.29, 0.717) is 6.04 Å². The molecule has 69 valence electrons. The minimum atomic E-state index is 0. The molecule has 1 nitrogen and oxygen atoms in total. The molecule has 0 fully saturated rings. The van der Waals surface area contributed by atoms with Gasteiger partial charge in [-0.15, -0.1) is 0 Å². The van der Waals surface area contributed by atoms with Crippen molar-refractivity contribution in [3.63, 3.8) is 0 Å². The molecule has 0 aliphatic rings. The van der Waals surface area contributed by atoms with Crippen LogP contribution in [0.15, 0.2) is 30.3 Å². The minimum Gasteiger partial charge on any atom is -0.369 e. The molecule has 0 aromatic heterocycles. The summed E-state index contributed by atoms with van der Waals surface area (Å²) in [4.78, 5) is 2.38. The van der Waals surface area contributed by atoms with Gasteiger partial charge in [0, 0.05) is 26.7 Å². The molecule has 0 aliphatic heterocycles. The number of anilines is 1. The normalized spacial score (nSPS) is 9.54. The third-order valence-corrected chi connectivity index (χ3v) is 2.05. The van der Waals surface area contributed by atoms with Crippen LogP contribution in [0.3, 0.4) is 0 Å². The highest BCUT2D eigenvalue weighted by atomic mass is 15.1. The van der Waals surface area contributed by atoms with Crippen molar-refractivity contribution < 1.29 is 0 Å². The summed E-state index contributed by atoms with van der Waals surface area (Å²) in [7, 11) is 0. The van der Waals surface area contributed by atoms with Crippen molar-refractivity contribution in [1.29, 1.82) is 0 Å². The molecule has 3 radical (unpaired) electrons. The Balaban J connectivity index is 0.00000144. The van der Waals surface area contributed by atoms with Gasteiger partial charge in [-0.05, 0) is 32.9 Å². The van der Waals surface area contributed by atoms with Gasteiger partial charge in [0.2, 0.25) is 0 Å². The molecule has 13 heavy (non-hydrogen) atoms. The molecule has 1 rings (SSSR count). The molecule has 0 amide bonds. The molecule has 0 unspecified atom stereocenters. The maximum absolute atomic E-state index is 2.38. The van der Waals surface area contributed by atoms with Crippen LogP contribution >= 0.6 is 0 Å². The van der Waals surface area contributed by atoms with Gasteiger partial charge in [-0.2, -0.15) is 0 Å². The van der Waals surface area contributed by atoms with Gasteiger partial charge in [0.25, 0.3) is 0 Å². The fraction of sp³-hybridized carbons (Fsp3) is 0.455. The van der Waals surface area contributed by atoms with E-state index in [4.69, 9.17) is 0 Å². The van der Waals surface area contributed by atoms with Crippen LogP contribution in [-0.2, 0) is 0 Å². The Morgan fingerprint density at radius 1 is 1.15 bits per heavy atom. The fourth-order valence-corrected chi connectivity index (χ4v) is 1.47. The highest BCUT2D eigenvalue weighted by Gasteiger charge is 2.05. The van der Waals surface area contributed by atoms with E-state index >= 15 is 0 Å². The van der Waals surface area contributed by atoms with Crippen LogP contribution in [0.4, 0.5) is 5.69 Å². The number of nitrogens with zero attached hydrogens (tertiary/aromatic N) is 1. The number of hydrogen-bond acceptors (Lipinski definition) is 1. The first kappa shape index (κ1) is 12.1. The number of benzene rings is 1. The molecule has 1 aromatic carbocycles. The summed E-state index contributed by atoms with van der Waals surface area (Å²) in [6, 6.07) is 11.1. The van der Waals surface area contributed by atoms with E-state index in [9.17, 15) is 0 Å². The molecule has 0 aliphatic carbocycles. The van der Waals surface area contributed by atoms with E-state index in [2.05, 4.69) is 56.0 Å². The molecular formula is C11H17BN. The van der Waals surface area contributed by atoms with Crippen LogP contribution in [-0.4, -0.2) is 21.0 Å². The summed E-state index contributed by atoms with van der Waals surface area (Å²) in [5.74, 6) is 0. The van der Waals surface area contributed by atoms with Crippen molar-refractivity contribution in [2.75, 3.05) is 11.4 Å². The van der Waals surface area contributed by atoms with Crippen LogP contribution in [0.25, 0.3) is 0 Å².